The maximum absolute atomic E-state index is 12.3. The Morgan fingerprint density at radius 3 is 2.59 bits per heavy atom. The van der Waals surface area contributed by atoms with Crippen LogP contribution in [0.2, 0.25) is 5.15 Å². The Kier molecular flexibility index (Phi) is 7.63. The number of nitrogens with zero attached hydrogens (tertiary/aromatic N) is 3. The van der Waals surface area contributed by atoms with Crippen LogP contribution in [0.15, 0.2) is 30.3 Å². The second kappa shape index (κ2) is 9.72. The molecule has 0 radical (unpaired) electrons. The van der Waals surface area contributed by atoms with E-state index in [0.717, 1.165) is 29.9 Å². The van der Waals surface area contributed by atoms with Crippen LogP contribution in [-0.2, 0) is 24.4 Å². The number of halogens is 1. The molecule has 2 rings (SSSR count). The van der Waals surface area contributed by atoms with E-state index in [-0.39, 0.29) is 5.91 Å². The fourth-order valence-corrected chi connectivity index (χ4v) is 3.16. The van der Waals surface area contributed by atoms with Crippen molar-refractivity contribution >= 4 is 23.6 Å². The molecule has 0 aliphatic heterocycles. The van der Waals surface area contributed by atoms with Gasteiger partial charge in [-0.15, -0.1) is 0 Å². The highest BCUT2D eigenvalue weighted by molar-refractivity contribution is 6.31. The molecule has 0 unspecified atom stereocenters. The van der Waals surface area contributed by atoms with Gasteiger partial charge in [0.1, 0.15) is 5.15 Å². The number of hydrogen-bond acceptors (Lipinski definition) is 3. The number of aryl methyl sites for hydroxylation is 1. The lowest BCUT2D eigenvalue weighted by Crippen LogP contribution is -2.22. The van der Waals surface area contributed by atoms with Gasteiger partial charge in [-0.05, 0) is 44.1 Å². The average Bonchev–Trinajstić information content (AvgIpc) is 2.84. The maximum Gasteiger partial charge on any atom is 0.244 e. The van der Waals surface area contributed by atoms with Crippen molar-refractivity contribution < 1.29 is 4.79 Å². The summed E-state index contributed by atoms with van der Waals surface area (Å²) in [5.41, 5.74) is 3.94. The number of amides is 1. The van der Waals surface area contributed by atoms with Gasteiger partial charge in [0.2, 0.25) is 5.91 Å². The number of carbonyl (C=O) groups is 1. The molecular formula is C21H29ClN4O. The molecule has 1 aromatic carbocycles. The molecule has 5 nitrogen and oxygen atoms in total. The summed E-state index contributed by atoms with van der Waals surface area (Å²) >= 11 is 6.41. The summed E-state index contributed by atoms with van der Waals surface area (Å²) in [5, 5.41) is 7.98. The van der Waals surface area contributed by atoms with Crippen molar-refractivity contribution in [2.75, 3.05) is 14.1 Å². The van der Waals surface area contributed by atoms with Gasteiger partial charge in [0.15, 0.2) is 0 Å². The van der Waals surface area contributed by atoms with E-state index in [1.165, 1.54) is 11.6 Å². The van der Waals surface area contributed by atoms with E-state index in [1.54, 1.807) is 10.8 Å². The first kappa shape index (κ1) is 21.2. The molecule has 0 aliphatic rings. The number of hydrogen-bond donors (Lipinski definition) is 1. The first-order valence-corrected chi connectivity index (χ1v) is 9.56. The molecule has 1 aromatic heterocycles. The van der Waals surface area contributed by atoms with Crippen LogP contribution in [0.4, 0.5) is 0 Å². The van der Waals surface area contributed by atoms with Crippen LogP contribution in [0.3, 0.4) is 0 Å². The normalized spacial score (nSPS) is 11.7. The van der Waals surface area contributed by atoms with Crippen molar-refractivity contribution in [3.8, 4) is 0 Å². The lowest BCUT2D eigenvalue weighted by Gasteiger charge is -2.14. The lowest BCUT2D eigenvalue weighted by atomic mass is 10.1. The zero-order chi connectivity index (χ0) is 20.0. The second-order valence-corrected chi connectivity index (χ2v) is 7.78. The largest absolute Gasteiger partial charge is 0.348 e. The Morgan fingerprint density at radius 2 is 1.96 bits per heavy atom. The van der Waals surface area contributed by atoms with E-state index >= 15 is 0 Å². The van der Waals surface area contributed by atoms with E-state index in [0.29, 0.717) is 17.6 Å². The highest BCUT2D eigenvalue weighted by Gasteiger charge is 2.12. The molecule has 1 N–H and O–H groups in total. The SMILES string of the molecule is Cc1nn(CC(C)C)c(Cl)c1/C=C/C(=O)NCc1ccccc1CN(C)C. The number of aromatic nitrogens is 2. The highest BCUT2D eigenvalue weighted by atomic mass is 35.5. The smallest absolute Gasteiger partial charge is 0.244 e. The predicted molar refractivity (Wildman–Crippen MR) is 112 cm³/mol. The molecular weight excluding hydrogens is 360 g/mol. The fraction of sp³-hybridized carbons (Fsp3) is 0.429. The molecule has 0 fully saturated rings. The fourth-order valence-electron chi connectivity index (χ4n) is 2.85. The van der Waals surface area contributed by atoms with Gasteiger partial charge >= 0.3 is 0 Å². The zero-order valence-corrected chi connectivity index (χ0v) is 17.5. The molecule has 2 aromatic rings. The summed E-state index contributed by atoms with van der Waals surface area (Å²) in [7, 11) is 4.06. The van der Waals surface area contributed by atoms with Crippen molar-refractivity contribution in [1.82, 2.24) is 20.0 Å². The lowest BCUT2D eigenvalue weighted by molar-refractivity contribution is -0.116. The molecule has 146 valence electrons. The van der Waals surface area contributed by atoms with E-state index < -0.39 is 0 Å². The van der Waals surface area contributed by atoms with E-state index in [4.69, 9.17) is 11.6 Å². The Bertz CT molecular complexity index is 809. The van der Waals surface area contributed by atoms with Crippen LogP contribution in [0, 0.1) is 12.8 Å². The Labute approximate surface area is 167 Å². The van der Waals surface area contributed by atoms with Gasteiger partial charge in [-0.2, -0.15) is 5.10 Å². The predicted octanol–water partition coefficient (Wildman–Crippen LogP) is 3.89. The van der Waals surface area contributed by atoms with Gasteiger partial charge in [-0.3, -0.25) is 9.48 Å². The van der Waals surface area contributed by atoms with E-state index in [1.807, 2.05) is 39.2 Å². The summed E-state index contributed by atoms with van der Waals surface area (Å²) < 4.78 is 1.79. The summed E-state index contributed by atoms with van der Waals surface area (Å²) in [6.07, 6.45) is 3.26. The highest BCUT2D eigenvalue weighted by Crippen LogP contribution is 2.22. The minimum atomic E-state index is -0.151. The molecule has 0 aliphatic carbocycles. The molecule has 6 heteroatoms. The molecule has 0 spiro atoms. The third-order valence-corrected chi connectivity index (χ3v) is 4.51. The minimum absolute atomic E-state index is 0.151. The summed E-state index contributed by atoms with van der Waals surface area (Å²) in [4.78, 5) is 14.4. The molecule has 0 bridgehead atoms. The Balaban J connectivity index is 2.02. The number of nitrogens with one attached hydrogen (secondary N) is 1. The molecule has 27 heavy (non-hydrogen) atoms. The molecule has 0 atom stereocenters. The zero-order valence-electron chi connectivity index (χ0n) is 16.8. The third-order valence-electron chi connectivity index (χ3n) is 4.11. The third kappa shape index (κ3) is 6.22. The molecule has 0 saturated carbocycles. The van der Waals surface area contributed by atoms with Crippen LogP contribution < -0.4 is 5.32 Å². The summed E-state index contributed by atoms with van der Waals surface area (Å²) in [5.74, 6) is 0.297. The van der Waals surface area contributed by atoms with Gasteiger partial charge in [0, 0.05) is 31.3 Å². The van der Waals surface area contributed by atoms with Crippen molar-refractivity contribution in [3.05, 3.63) is 57.9 Å². The minimum Gasteiger partial charge on any atom is -0.348 e. The Hall–Kier alpha value is -2.11. The van der Waals surface area contributed by atoms with Crippen LogP contribution in [-0.4, -0.2) is 34.7 Å². The van der Waals surface area contributed by atoms with Gasteiger partial charge in [0.25, 0.3) is 0 Å². The van der Waals surface area contributed by atoms with Gasteiger partial charge < -0.3 is 10.2 Å². The van der Waals surface area contributed by atoms with Crippen LogP contribution in [0.1, 0.15) is 36.2 Å². The van der Waals surface area contributed by atoms with Crippen molar-refractivity contribution in [2.45, 2.75) is 40.4 Å². The topological polar surface area (TPSA) is 50.2 Å². The monoisotopic (exact) mass is 388 g/mol. The molecule has 0 saturated heterocycles. The van der Waals surface area contributed by atoms with Crippen molar-refractivity contribution in [2.24, 2.45) is 5.92 Å². The van der Waals surface area contributed by atoms with Crippen LogP contribution in [0.25, 0.3) is 6.08 Å². The van der Waals surface area contributed by atoms with E-state index in [2.05, 4.69) is 35.2 Å². The molecule has 1 amide bonds. The van der Waals surface area contributed by atoms with Gasteiger partial charge in [0.05, 0.1) is 5.69 Å². The quantitative estimate of drug-likeness (QED) is 0.698. The second-order valence-electron chi connectivity index (χ2n) is 7.42. The van der Waals surface area contributed by atoms with Crippen molar-refractivity contribution in [3.63, 3.8) is 0 Å². The first-order chi connectivity index (χ1) is 12.8. The van der Waals surface area contributed by atoms with Crippen LogP contribution >= 0.6 is 11.6 Å². The maximum atomic E-state index is 12.3. The number of carbonyl (C=O) groups excluding carboxylic acids is 1. The van der Waals surface area contributed by atoms with Crippen molar-refractivity contribution in [1.29, 1.82) is 0 Å². The summed E-state index contributed by atoms with van der Waals surface area (Å²) in [6.45, 7) is 8.22. The van der Waals surface area contributed by atoms with Crippen LogP contribution in [0.5, 0.6) is 0 Å². The van der Waals surface area contributed by atoms with E-state index in [9.17, 15) is 4.79 Å². The molecule has 1 heterocycles. The number of rotatable bonds is 8. The number of benzene rings is 1. The van der Waals surface area contributed by atoms with Gasteiger partial charge in [-0.25, -0.2) is 0 Å². The average molecular weight is 389 g/mol. The Morgan fingerprint density at radius 1 is 1.30 bits per heavy atom. The summed E-state index contributed by atoms with van der Waals surface area (Å²) in [6, 6.07) is 8.13. The standard InChI is InChI=1S/C21H29ClN4O/c1-15(2)13-26-21(22)19(16(3)24-26)10-11-20(27)23-12-17-8-6-7-9-18(17)14-25(4)5/h6-11,15H,12-14H2,1-5H3,(H,23,27)/b11-10+. The first-order valence-electron chi connectivity index (χ1n) is 9.18. The van der Waals surface area contributed by atoms with Gasteiger partial charge in [-0.1, -0.05) is 49.7 Å².